The smallest absolute Gasteiger partial charge is 0.180 e. The van der Waals surface area contributed by atoms with Gasteiger partial charge in [-0.3, -0.25) is 4.68 Å². The Morgan fingerprint density at radius 1 is 1.35 bits per heavy atom. The van der Waals surface area contributed by atoms with Gasteiger partial charge >= 0.3 is 0 Å². The van der Waals surface area contributed by atoms with Gasteiger partial charge < -0.3 is 10.1 Å². The molecule has 1 N–H and O–H groups in total. The highest BCUT2D eigenvalue weighted by Crippen LogP contribution is 2.26. The van der Waals surface area contributed by atoms with Crippen LogP contribution in [0.15, 0.2) is 12.3 Å². The Morgan fingerprint density at radius 3 is 3.05 bits per heavy atom. The van der Waals surface area contributed by atoms with Crippen molar-refractivity contribution in [3.63, 3.8) is 0 Å². The number of nitrogens with one attached hydrogen (secondary N) is 1. The highest BCUT2D eigenvalue weighted by atomic mass is 16.5. The van der Waals surface area contributed by atoms with Crippen LogP contribution in [0.3, 0.4) is 0 Å². The molecule has 0 bridgehead atoms. The predicted octanol–water partition coefficient (Wildman–Crippen LogP) is 1.86. The third-order valence-corrected chi connectivity index (χ3v) is 3.41. The standard InChI is InChI=1S/C14H19N5O/c1-3-15-13-10-9-20-8-6-11(10)17-14(18-13)12-5-7-16-19(12)4-2/h5,7H,3-4,6,8-9H2,1-2H3,(H,15,17,18). The first-order chi connectivity index (χ1) is 9.83. The molecule has 0 aliphatic carbocycles. The highest BCUT2D eigenvalue weighted by Gasteiger charge is 2.19. The lowest BCUT2D eigenvalue weighted by Crippen LogP contribution is -2.17. The summed E-state index contributed by atoms with van der Waals surface area (Å²) in [5.41, 5.74) is 3.13. The minimum Gasteiger partial charge on any atom is -0.376 e. The van der Waals surface area contributed by atoms with Crippen molar-refractivity contribution in [1.29, 1.82) is 0 Å². The molecule has 0 fully saturated rings. The third kappa shape index (κ3) is 2.27. The van der Waals surface area contributed by atoms with E-state index in [1.54, 1.807) is 6.20 Å². The summed E-state index contributed by atoms with van der Waals surface area (Å²) in [7, 11) is 0. The van der Waals surface area contributed by atoms with E-state index in [0.29, 0.717) is 6.61 Å². The number of ether oxygens (including phenoxy) is 1. The number of hydrogen-bond acceptors (Lipinski definition) is 5. The summed E-state index contributed by atoms with van der Waals surface area (Å²) >= 11 is 0. The van der Waals surface area contributed by atoms with Crippen LogP contribution in [0.1, 0.15) is 25.1 Å². The molecule has 3 rings (SSSR count). The summed E-state index contributed by atoms with van der Waals surface area (Å²) in [5.74, 6) is 1.62. The van der Waals surface area contributed by atoms with Gasteiger partial charge in [-0.15, -0.1) is 0 Å². The minimum atomic E-state index is 0.588. The van der Waals surface area contributed by atoms with Gasteiger partial charge in [0.15, 0.2) is 5.82 Å². The molecule has 0 aromatic carbocycles. The van der Waals surface area contributed by atoms with E-state index in [1.807, 2.05) is 10.7 Å². The van der Waals surface area contributed by atoms with E-state index in [1.165, 1.54) is 0 Å². The Morgan fingerprint density at radius 2 is 2.25 bits per heavy atom. The SMILES string of the molecule is CCNc1nc(-c2ccnn2CC)nc2c1COCC2. The van der Waals surface area contributed by atoms with Crippen LogP contribution in [-0.2, 0) is 24.3 Å². The summed E-state index contributed by atoms with van der Waals surface area (Å²) in [6, 6.07) is 1.96. The molecule has 1 aliphatic rings. The molecule has 6 heteroatoms. The molecule has 106 valence electrons. The molecule has 0 atom stereocenters. The number of aryl methyl sites for hydroxylation is 1. The van der Waals surface area contributed by atoms with Gasteiger partial charge in [-0.25, -0.2) is 9.97 Å². The summed E-state index contributed by atoms with van der Waals surface area (Å²) in [6.45, 7) is 7.08. The van der Waals surface area contributed by atoms with Crippen molar-refractivity contribution in [1.82, 2.24) is 19.7 Å². The third-order valence-electron chi connectivity index (χ3n) is 3.41. The van der Waals surface area contributed by atoms with E-state index in [-0.39, 0.29) is 0 Å². The number of anilines is 1. The normalized spacial score (nSPS) is 14.1. The number of fused-ring (bicyclic) bond motifs is 1. The lowest BCUT2D eigenvalue weighted by Gasteiger charge is -2.20. The van der Waals surface area contributed by atoms with Gasteiger partial charge in [0.25, 0.3) is 0 Å². The first kappa shape index (κ1) is 13.1. The summed E-state index contributed by atoms with van der Waals surface area (Å²) < 4.78 is 7.43. The van der Waals surface area contributed by atoms with E-state index >= 15 is 0 Å². The molecular weight excluding hydrogens is 254 g/mol. The van der Waals surface area contributed by atoms with Gasteiger partial charge in [-0.05, 0) is 19.9 Å². The molecule has 20 heavy (non-hydrogen) atoms. The van der Waals surface area contributed by atoms with E-state index < -0.39 is 0 Å². The molecule has 6 nitrogen and oxygen atoms in total. The average molecular weight is 273 g/mol. The van der Waals surface area contributed by atoms with Gasteiger partial charge in [-0.2, -0.15) is 5.10 Å². The van der Waals surface area contributed by atoms with Crippen LogP contribution in [0.25, 0.3) is 11.5 Å². The molecule has 0 unspecified atom stereocenters. The van der Waals surface area contributed by atoms with E-state index in [9.17, 15) is 0 Å². The lowest BCUT2D eigenvalue weighted by molar-refractivity contribution is 0.109. The topological polar surface area (TPSA) is 64.9 Å². The van der Waals surface area contributed by atoms with Gasteiger partial charge in [-0.1, -0.05) is 0 Å². The van der Waals surface area contributed by atoms with E-state index in [2.05, 4.69) is 29.2 Å². The lowest BCUT2D eigenvalue weighted by atomic mass is 10.1. The Kier molecular flexibility index (Phi) is 3.64. The van der Waals surface area contributed by atoms with Crippen molar-refractivity contribution in [2.75, 3.05) is 18.5 Å². The highest BCUT2D eigenvalue weighted by molar-refractivity contribution is 5.57. The average Bonchev–Trinajstić information content (AvgIpc) is 2.96. The molecule has 2 aromatic rings. The first-order valence-electron chi connectivity index (χ1n) is 7.07. The van der Waals surface area contributed by atoms with Gasteiger partial charge in [0.2, 0.25) is 0 Å². The summed E-state index contributed by atoms with van der Waals surface area (Å²) in [5, 5.41) is 7.61. The van der Waals surface area contributed by atoms with Crippen molar-refractivity contribution >= 4 is 5.82 Å². The van der Waals surface area contributed by atoms with Crippen molar-refractivity contribution in [3.8, 4) is 11.5 Å². The van der Waals surface area contributed by atoms with Crippen molar-refractivity contribution in [2.24, 2.45) is 0 Å². The van der Waals surface area contributed by atoms with Crippen LogP contribution in [0.4, 0.5) is 5.82 Å². The second-order valence-corrected chi connectivity index (χ2v) is 4.69. The quantitative estimate of drug-likeness (QED) is 0.921. The second-order valence-electron chi connectivity index (χ2n) is 4.69. The second kappa shape index (κ2) is 5.58. The monoisotopic (exact) mass is 273 g/mol. The van der Waals surface area contributed by atoms with Gasteiger partial charge in [0.1, 0.15) is 11.5 Å². The van der Waals surface area contributed by atoms with Crippen molar-refractivity contribution < 1.29 is 4.74 Å². The minimum absolute atomic E-state index is 0.588. The Balaban J connectivity index is 2.10. The van der Waals surface area contributed by atoms with Crippen LogP contribution in [0.5, 0.6) is 0 Å². The fourth-order valence-electron chi connectivity index (χ4n) is 2.43. The van der Waals surface area contributed by atoms with Gasteiger partial charge in [0.05, 0.1) is 18.9 Å². The summed E-state index contributed by atoms with van der Waals surface area (Å²) in [4.78, 5) is 9.38. The van der Waals surface area contributed by atoms with Crippen molar-refractivity contribution in [2.45, 2.75) is 33.4 Å². The molecule has 1 aliphatic heterocycles. The number of aromatic nitrogens is 4. The van der Waals surface area contributed by atoms with E-state index in [0.717, 1.165) is 54.7 Å². The number of rotatable bonds is 4. The molecule has 0 saturated heterocycles. The predicted molar refractivity (Wildman–Crippen MR) is 76.5 cm³/mol. The van der Waals surface area contributed by atoms with Crippen molar-refractivity contribution in [3.05, 3.63) is 23.5 Å². The molecule has 3 heterocycles. The zero-order valence-electron chi connectivity index (χ0n) is 11.9. The molecule has 0 radical (unpaired) electrons. The Bertz CT molecular complexity index is 608. The maximum absolute atomic E-state index is 5.52. The molecular formula is C14H19N5O. The Hall–Kier alpha value is -1.95. The summed E-state index contributed by atoms with van der Waals surface area (Å²) in [6.07, 6.45) is 2.63. The maximum Gasteiger partial charge on any atom is 0.180 e. The van der Waals surface area contributed by atoms with Crippen LogP contribution in [0, 0.1) is 0 Å². The fourth-order valence-corrected chi connectivity index (χ4v) is 2.43. The van der Waals surface area contributed by atoms with Gasteiger partial charge in [0, 0.05) is 31.3 Å². The number of hydrogen-bond donors (Lipinski definition) is 1. The van der Waals surface area contributed by atoms with Crippen LogP contribution >= 0.6 is 0 Å². The molecule has 0 spiro atoms. The maximum atomic E-state index is 5.52. The zero-order valence-corrected chi connectivity index (χ0v) is 11.9. The molecule has 0 saturated carbocycles. The first-order valence-corrected chi connectivity index (χ1v) is 7.07. The fraction of sp³-hybridized carbons (Fsp3) is 0.500. The zero-order chi connectivity index (χ0) is 13.9. The molecule has 0 amide bonds. The van der Waals surface area contributed by atoms with Crippen LogP contribution in [-0.4, -0.2) is 32.9 Å². The molecule has 2 aromatic heterocycles. The largest absolute Gasteiger partial charge is 0.376 e. The van der Waals surface area contributed by atoms with Crippen LogP contribution in [0.2, 0.25) is 0 Å². The Labute approximate surface area is 118 Å². The van der Waals surface area contributed by atoms with Crippen LogP contribution < -0.4 is 5.32 Å². The van der Waals surface area contributed by atoms with E-state index in [4.69, 9.17) is 9.72 Å². The number of nitrogens with zero attached hydrogens (tertiary/aromatic N) is 4.